The molecule has 0 aliphatic carbocycles. The van der Waals surface area contributed by atoms with Gasteiger partial charge in [0, 0.05) is 22.8 Å². The Labute approximate surface area is 191 Å². The van der Waals surface area contributed by atoms with Crippen LogP contribution in [0.1, 0.15) is 78.9 Å². The zero-order valence-electron chi connectivity index (χ0n) is 20.9. The number of carbonyl (C=O) groups is 1. The molecular weight excluding hydrogens is 402 g/mol. The van der Waals surface area contributed by atoms with Gasteiger partial charge in [-0.3, -0.25) is 4.79 Å². The first-order valence-corrected chi connectivity index (χ1v) is 10.9. The number of nitrogens with zero attached hydrogens (tertiary/aromatic N) is 1. The first-order valence-electron chi connectivity index (χ1n) is 10.9. The van der Waals surface area contributed by atoms with Crippen LogP contribution in [0, 0.1) is 12.3 Å². The summed E-state index contributed by atoms with van der Waals surface area (Å²) in [5, 5.41) is 16.1. The summed E-state index contributed by atoms with van der Waals surface area (Å²) < 4.78 is 0. The summed E-state index contributed by atoms with van der Waals surface area (Å²) >= 11 is 0. The maximum Gasteiger partial charge on any atom is 0.260 e. The maximum atomic E-state index is 13.0. The number of aryl methyl sites for hydroxylation is 1. The lowest BCUT2D eigenvalue weighted by Gasteiger charge is -2.34. The van der Waals surface area contributed by atoms with E-state index in [1.165, 1.54) is 12.3 Å². The van der Waals surface area contributed by atoms with Gasteiger partial charge >= 0.3 is 0 Å². The van der Waals surface area contributed by atoms with Crippen LogP contribution < -0.4 is 16.4 Å². The van der Waals surface area contributed by atoms with E-state index in [2.05, 4.69) is 71.0 Å². The molecule has 1 aromatic heterocycles. The number of phenols is 1. The van der Waals surface area contributed by atoms with Crippen LogP contribution in [0.2, 0.25) is 0 Å². The molecule has 2 rings (SSSR count). The first kappa shape index (κ1) is 25.3. The molecule has 0 bridgehead atoms. The van der Waals surface area contributed by atoms with Crippen molar-refractivity contribution in [2.75, 3.05) is 10.6 Å². The normalized spacial score (nSPS) is 13.2. The molecule has 0 saturated heterocycles. The summed E-state index contributed by atoms with van der Waals surface area (Å²) in [6.07, 6.45) is 2.20. The number of H-pyrrole nitrogens is 1. The molecule has 1 aromatic carbocycles. The molecule has 1 heterocycles. The van der Waals surface area contributed by atoms with Crippen molar-refractivity contribution in [2.45, 2.75) is 79.7 Å². The molecule has 0 fully saturated rings. The number of aromatic nitrogens is 2. The molecule has 0 atom stereocenters. The van der Waals surface area contributed by atoms with Crippen molar-refractivity contribution in [3.8, 4) is 5.75 Å². The van der Waals surface area contributed by atoms with Crippen LogP contribution in [0.25, 0.3) is 5.57 Å². The number of amides is 1. The number of carbonyl (C=O) groups excluding carboxylic acids is 1. The van der Waals surface area contributed by atoms with E-state index in [1.807, 2.05) is 6.92 Å². The van der Waals surface area contributed by atoms with Crippen molar-refractivity contribution < 1.29 is 9.90 Å². The second kappa shape index (κ2) is 8.88. The standard InChI is InChI=1S/C25H39N5O2/c1-15-12-16(31)10-11-18(15)27-22(32)17(13-26)20-28-19(24(5,6)7)21(29-20)30-25(8,9)14-23(2,3)4/h10-13,30-31H,14,26H2,1-9H3,(H,27,32)(H,28,29)/b17-13+. The molecule has 32 heavy (non-hydrogen) atoms. The van der Waals surface area contributed by atoms with E-state index in [4.69, 9.17) is 10.7 Å². The number of aromatic amines is 1. The summed E-state index contributed by atoms with van der Waals surface area (Å²) in [5.41, 5.74) is 8.05. The van der Waals surface area contributed by atoms with Gasteiger partial charge in [-0.15, -0.1) is 0 Å². The SMILES string of the molecule is Cc1cc(O)ccc1NC(=O)/C(=C/N)c1nc(NC(C)(C)CC(C)(C)C)c(C(C)(C)C)[nH]1. The Morgan fingerprint density at radius 2 is 1.78 bits per heavy atom. The Balaban J connectivity index is 2.40. The highest BCUT2D eigenvalue weighted by Gasteiger charge is 2.31. The molecule has 0 aliphatic rings. The minimum atomic E-state index is -0.379. The average molecular weight is 442 g/mol. The average Bonchev–Trinajstić information content (AvgIpc) is 2.98. The lowest BCUT2D eigenvalue weighted by atomic mass is 9.81. The smallest absolute Gasteiger partial charge is 0.260 e. The lowest BCUT2D eigenvalue weighted by molar-refractivity contribution is -0.111. The topological polar surface area (TPSA) is 116 Å². The van der Waals surface area contributed by atoms with Crippen molar-refractivity contribution in [3.63, 3.8) is 0 Å². The van der Waals surface area contributed by atoms with E-state index >= 15 is 0 Å². The van der Waals surface area contributed by atoms with E-state index < -0.39 is 0 Å². The Hall–Kier alpha value is -2.96. The van der Waals surface area contributed by atoms with Crippen molar-refractivity contribution in [2.24, 2.45) is 11.1 Å². The number of hydrogen-bond acceptors (Lipinski definition) is 5. The molecular formula is C25H39N5O2. The van der Waals surface area contributed by atoms with Crippen LogP contribution in [0.15, 0.2) is 24.4 Å². The number of phenolic OH excluding ortho intramolecular Hbond substituents is 1. The Morgan fingerprint density at radius 3 is 2.28 bits per heavy atom. The molecule has 0 saturated carbocycles. The van der Waals surface area contributed by atoms with Gasteiger partial charge in [-0.1, -0.05) is 41.5 Å². The number of anilines is 2. The lowest BCUT2D eigenvalue weighted by Crippen LogP contribution is -2.36. The summed E-state index contributed by atoms with van der Waals surface area (Å²) in [6.45, 7) is 19.0. The third kappa shape index (κ3) is 6.52. The predicted molar refractivity (Wildman–Crippen MR) is 133 cm³/mol. The Kier molecular flexibility index (Phi) is 7.02. The highest BCUT2D eigenvalue weighted by atomic mass is 16.3. The molecule has 0 radical (unpaired) electrons. The predicted octanol–water partition coefficient (Wildman–Crippen LogP) is 5.29. The second-order valence-electron chi connectivity index (χ2n) is 11.3. The number of benzene rings is 1. The second-order valence-corrected chi connectivity index (χ2v) is 11.3. The summed E-state index contributed by atoms with van der Waals surface area (Å²) in [4.78, 5) is 21.1. The Bertz CT molecular complexity index is 1000. The minimum Gasteiger partial charge on any atom is -0.508 e. The zero-order valence-corrected chi connectivity index (χ0v) is 20.9. The summed E-state index contributed by atoms with van der Waals surface area (Å²) in [5.74, 6) is 0.885. The van der Waals surface area contributed by atoms with Crippen molar-refractivity contribution >= 4 is 23.0 Å². The van der Waals surface area contributed by atoms with E-state index in [9.17, 15) is 9.90 Å². The molecule has 176 valence electrons. The molecule has 0 spiro atoms. The fraction of sp³-hybridized carbons (Fsp3) is 0.520. The van der Waals surface area contributed by atoms with Gasteiger partial charge in [0.2, 0.25) is 0 Å². The number of imidazole rings is 1. The molecule has 0 unspecified atom stereocenters. The minimum absolute atomic E-state index is 0.141. The highest BCUT2D eigenvalue weighted by Crippen LogP contribution is 2.34. The van der Waals surface area contributed by atoms with Gasteiger partial charge in [0.1, 0.15) is 17.4 Å². The van der Waals surface area contributed by atoms with Gasteiger partial charge in [0.25, 0.3) is 5.91 Å². The fourth-order valence-corrected chi connectivity index (χ4v) is 4.06. The fourth-order valence-electron chi connectivity index (χ4n) is 4.06. The van der Waals surface area contributed by atoms with E-state index in [1.54, 1.807) is 12.1 Å². The van der Waals surface area contributed by atoms with Crippen molar-refractivity contribution in [1.82, 2.24) is 9.97 Å². The van der Waals surface area contributed by atoms with Crippen LogP contribution in [0.4, 0.5) is 11.5 Å². The molecule has 2 aromatic rings. The third-order valence-electron chi connectivity index (χ3n) is 5.01. The Morgan fingerprint density at radius 1 is 1.16 bits per heavy atom. The molecule has 6 N–H and O–H groups in total. The zero-order chi connectivity index (χ0) is 24.5. The third-order valence-corrected chi connectivity index (χ3v) is 5.01. The van der Waals surface area contributed by atoms with Gasteiger partial charge in [-0.05, 0) is 56.4 Å². The van der Waals surface area contributed by atoms with Crippen LogP contribution in [0.3, 0.4) is 0 Å². The van der Waals surface area contributed by atoms with Gasteiger partial charge in [-0.25, -0.2) is 4.98 Å². The number of nitrogens with one attached hydrogen (secondary N) is 3. The quantitative estimate of drug-likeness (QED) is 0.309. The summed E-state index contributed by atoms with van der Waals surface area (Å²) in [7, 11) is 0. The van der Waals surface area contributed by atoms with Crippen molar-refractivity contribution in [3.05, 3.63) is 41.5 Å². The van der Waals surface area contributed by atoms with Gasteiger partial charge < -0.3 is 26.5 Å². The van der Waals surface area contributed by atoms with Gasteiger partial charge in [0.15, 0.2) is 0 Å². The monoisotopic (exact) mass is 441 g/mol. The van der Waals surface area contributed by atoms with E-state index in [-0.39, 0.29) is 33.6 Å². The molecule has 0 aliphatic heterocycles. The molecule has 1 amide bonds. The van der Waals surface area contributed by atoms with Crippen LogP contribution in [-0.4, -0.2) is 26.5 Å². The highest BCUT2D eigenvalue weighted by molar-refractivity contribution is 6.24. The van der Waals surface area contributed by atoms with E-state index in [0.29, 0.717) is 11.5 Å². The number of hydrogen-bond donors (Lipinski definition) is 5. The number of rotatable bonds is 6. The number of aromatic hydroxyl groups is 1. The van der Waals surface area contributed by atoms with Gasteiger partial charge in [0.05, 0.1) is 11.3 Å². The first-order chi connectivity index (χ1) is 14.5. The van der Waals surface area contributed by atoms with Crippen LogP contribution >= 0.6 is 0 Å². The molecule has 7 heteroatoms. The van der Waals surface area contributed by atoms with Crippen molar-refractivity contribution in [1.29, 1.82) is 0 Å². The van der Waals surface area contributed by atoms with E-state index in [0.717, 1.165) is 23.5 Å². The van der Waals surface area contributed by atoms with Gasteiger partial charge in [-0.2, -0.15) is 0 Å². The largest absolute Gasteiger partial charge is 0.508 e. The molecule has 7 nitrogen and oxygen atoms in total. The van der Waals surface area contributed by atoms with Crippen LogP contribution in [0.5, 0.6) is 5.75 Å². The summed E-state index contributed by atoms with van der Waals surface area (Å²) in [6, 6.07) is 4.77. The van der Waals surface area contributed by atoms with Crippen LogP contribution in [-0.2, 0) is 10.2 Å². The number of nitrogens with two attached hydrogens (primary N) is 1. The maximum absolute atomic E-state index is 13.0.